The number of rotatable bonds is 6. The Hall–Kier alpha value is -1.67. The van der Waals surface area contributed by atoms with Gasteiger partial charge in [0.1, 0.15) is 0 Å². The van der Waals surface area contributed by atoms with Crippen molar-refractivity contribution in [1.82, 2.24) is 15.5 Å². The molecule has 1 unspecified atom stereocenters. The van der Waals surface area contributed by atoms with Gasteiger partial charge in [-0.15, -0.1) is 0 Å². The van der Waals surface area contributed by atoms with Crippen molar-refractivity contribution in [2.45, 2.75) is 12.8 Å². The molecule has 1 rings (SSSR count). The van der Waals surface area contributed by atoms with Crippen LogP contribution in [0.2, 0.25) is 0 Å². The lowest BCUT2D eigenvalue weighted by molar-refractivity contribution is -0.136. The van der Waals surface area contributed by atoms with Crippen molar-refractivity contribution in [3.8, 4) is 0 Å². The highest BCUT2D eigenvalue weighted by molar-refractivity contribution is 5.94. The SMILES string of the molecule is NC(=O)NC(=O)CN1CCCC(CNCC(=O)O)C1. The van der Waals surface area contributed by atoms with E-state index in [-0.39, 0.29) is 13.1 Å². The maximum Gasteiger partial charge on any atom is 0.318 e. The van der Waals surface area contributed by atoms with Crippen LogP contribution < -0.4 is 16.4 Å². The zero-order valence-corrected chi connectivity index (χ0v) is 10.7. The zero-order valence-electron chi connectivity index (χ0n) is 10.7. The van der Waals surface area contributed by atoms with Crippen LogP contribution in [-0.4, -0.2) is 60.6 Å². The lowest BCUT2D eigenvalue weighted by Crippen LogP contribution is -2.46. The molecule has 1 heterocycles. The molecule has 1 atom stereocenters. The number of likely N-dealkylation sites (tertiary alicyclic amines) is 1. The molecular formula is C11H20N4O4. The molecule has 0 radical (unpaired) electrons. The van der Waals surface area contributed by atoms with E-state index in [2.05, 4.69) is 5.32 Å². The minimum absolute atomic E-state index is 0.0569. The van der Waals surface area contributed by atoms with Gasteiger partial charge in [0.2, 0.25) is 5.91 Å². The van der Waals surface area contributed by atoms with Crippen LogP contribution in [0.3, 0.4) is 0 Å². The smallest absolute Gasteiger partial charge is 0.318 e. The molecule has 1 saturated heterocycles. The number of primary amides is 1. The van der Waals surface area contributed by atoms with Gasteiger partial charge in [-0.3, -0.25) is 19.8 Å². The van der Waals surface area contributed by atoms with Crippen molar-refractivity contribution in [2.75, 3.05) is 32.7 Å². The van der Waals surface area contributed by atoms with Crippen molar-refractivity contribution < 1.29 is 19.5 Å². The molecule has 8 heteroatoms. The van der Waals surface area contributed by atoms with Gasteiger partial charge in [-0.25, -0.2) is 4.79 Å². The summed E-state index contributed by atoms with van der Waals surface area (Å²) in [7, 11) is 0. The zero-order chi connectivity index (χ0) is 14.3. The van der Waals surface area contributed by atoms with Gasteiger partial charge in [-0.2, -0.15) is 0 Å². The maximum absolute atomic E-state index is 11.4. The Morgan fingerprint density at radius 3 is 2.74 bits per heavy atom. The van der Waals surface area contributed by atoms with Gasteiger partial charge in [-0.05, 0) is 31.8 Å². The molecule has 3 amide bonds. The highest BCUT2D eigenvalue weighted by Crippen LogP contribution is 2.15. The molecule has 0 aromatic rings. The van der Waals surface area contributed by atoms with E-state index in [1.54, 1.807) is 0 Å². The van der Waals surface area contributed by atoms with Crippen LogP contribution in [0.25, 0.3) is 0 Å². The average molecular weight is 272 g/mol. The molecule has 19 heavy (non-hydrogen) atoms. The number of urea groups is 1. The normalized spacial score (nSPS) is 19.9. The molecule has 0 bridgehead atoms. The first-order valence-corrected chi connectivity index (χ1v) is 6.21. The van der Waals surface area contributed by atoms with Gasteiger partial charge >= 0.3 is 12.0 Å². The minimum atomic E-state index is -0.881. The largest absolute Gasteiger partial charge is 0.480 e. The van der Waals surface area contributed by atoms with Gasteiger partial charge in [-0.1, -0.05) is 0 Å². The molecule has 5 N–H and O–H groups in total. The number of nitrogens with one attached hydrogen (secondary N) is 2. The molecule has 108 valence electrons. The lowest BCUT2D eigenvalue weighted by Gasteiger charge is -2.32. The average Bonchev–Trinajstić information content (AvgIpc) is 2.27. The van der Waals surface area contributed by atoms with Crippen LogP contribution in [-0.2, 0) is 9.59 Å². The molecule has 1 aliphatic heterocycles. The first kappa shape index (κ1) is 15.4. The lowest BCUT2D eigenvalue weighted by atomic mass is 9.98. The van der Waals surface area contributed by atoms with Crippen LogP contribution in [0, 0.1) is 5.92 Å². The summed E-state index contributed by atoms with van der Waals surface area (Å²) in [5.41, 5.74) is 4.86. The highest BCUT2D eigenvalue weighted by atomic mass is 16.4. The fourth-order valence-electron chi connectivity index (χ4n) is 2.22. The molecule has 1 aliphatic rings. The van der Waals surface area contributed by atoms with Crippen LogP contribution in [0.4, 0.5) is 4.79 Å². The number of carbonyl (C=O) groups excluding carboxylic acids is 2. The fourth-order valence-corrected chi connectivity index (χ4v) is 2.22. The van der Waals surface area contributed by atoms with Gasteiger partial charge in [0.15, 0.2) is 0 Å². The van der Waals surface area contributed by atoms with Crippen molar-refractivity contribution in [2.24, 2.45) is 11.7 Å². The predicted molar refractivity (Wildman–Crippen MR) is 67.4 cm³/mol. The van der Waals surface area contributed by atoms with E-state index in [0.717, 1.165) is 19.4 Å². The van der Waals surface area contributed by atoms with Gasteiger partial charge in [0.25, 0.3) is 0 Å². The maximum atomic E-state index is 11.4. The number of nitrogens with zero attached hydrogens (tertiary/aromatic N) is 1. The quantitative estimate of drug-likeness (QED) is 0.470. The number of aliphatic carboxylic acids is 1. The molecule has 8 nitrogen and oxygen atoms in total. The molecule has 0 saturated carbocycles. The Labute approximate surface area is 111 Å². The monoisotopic (exact) mass is 272 g/mol. The summed E-state index contributed by atoms with van der Waals surface area (Å²) in [6.45, 7) is 2.19. The number of nitrogens with two attached hydrogens (primary N) is 1. The second-order valence-electron chi connectivity index (χ2n) is 4.68. The summed E-state index contributed by atoms with van der Waals surface area (Å²) < 4.78 is 0. The van der Waals surface area contributed by atoms with Gasteiger partial charge in [0.05, 0.1) is 13.1 Å². The Balaban J connectivity index is 2.27. The molecule has 1 fully saturated rings. The number of carboxylic acid groups (broad SMARTS) is 1. The van der Waals surface area contributed by atoms with Crippen molar-refractivity contribution in [3.63, 3.8) is 0 Å². The first-order valence-electron chi connectivity index (χ1n) is 6.21. The number of amides is 3. The Bertz CT molecular complexity index is 348. The van der Waals surface area contributed by atoms with E-state index in [4.69, 9.17) is 10.8 Å². The Kier molecular flexibility index (Phi) is 6.23. The number of carbonyl (C=O) groups is 3. The number of imide groups is 1. The van der Waals surface area contributed by atoms with Gasteiger partial charge in [0, 0.05) is 6.54 Å². The topological polar surface area (TPSA) is 125 Å². The second-order valence-corrected chi connectivity index (χ2v) is 4.68. The summed E-state index contributed by atoms with van der Waals surface area (Å²) in [6, 6.07) is -0.846. The molecule has 0 aromatic heterocycles. The van der Waals surface area contributed by atoms with E-state index < -0.39 is 17.9 Å². The summed E-state index contributed by atoms with van der Waals surface area (Å²) in [6.07, 6.45) is 1.95. The number of piperidine rings is 1. The highest BCUT2D eigenvalue weighted by Gasteiger charge is 2.21. The van der Waals surface area contributed by atoms with E-state index in [0.29, 0.717) is 19.0 Å². The third-order valence-electron chi connectivity index (χ3n) is 2.94. The Morgan fingerprint density at radius 2 is 2.11 bits per heavy atom. The van der Waals surface area contributed by atoms with Crippen molar-refractivity contribution >= 4 is 17.9 Å². The fraction of sp³-hybridized carbons (Fsp3) is 0.727. The molecular weight excluding hydrogens is 252 g/mol. The van der Waals surface area contributed by atoms with E-state index in [9.17, 15) is 14.4 Å². The second kappa shape index (κ2) is 7.70. The minimum Gasteiger partial charge on any atom is -0.480 e. The van der Waals surface area contributed by atoms with Crippen LogP contribution in [0.15, 0.2) is 0 Å². The standard InChI is InChI=1S/C11H20N4O4/c12-11(19)14-9(16)7-15-3-1-2-8(6-15)4-13-5-10(17)18/h8,13H,1-7H2,(H,17,18)(H3,12,14,16,19). The summed E-state index contributed by atoms with van der Waals surface area (Å²) in [4.78, 5) is 34.2. The number of hydrogen-bond donors (Lipinski definition) is 4. The molecule has 0 aromatic carbocycles. The van der Waals surface area contributed by atoms with Crippen LogP contribution in [0.1, 0.15) is 12.8 Å². The van der Waals surface area contributed by atoms with Gasteiger partial charge < -0.3 is 16.2 Å². The molecule has 0 spiro atoms. The summed E-state index contributed by atoms with van der Waals surface area (Å²) >= 11 is 0. The predicted octanol–water partition coefficient (Wildman–Crippen LogP) is -1.43. The number of carboxylic acids is 1. The van der Waals surface area contributed by atoms with Crippen LogP contribution in [0.5, 0.6) is 0 Å². The van der Waals surface area contributed by atoms with Crippen molar-refractivity contribution in [3.05, 3.63) is 0 Å². The molecule has 0 aliphatic carbocycles. The third kappa shape index (κ3) is 6.73. The summed E-state index contributed by atoms with van der Waals surface area (Å²) in [5, 5.41) is 13.4. The van der Waals surface area contributed by atoms with Crippen molar-refractivity contribution in [1.29, 1.82) is 0 Å². The summed E-state index contributed by atoms with van der Waals surface area (Å²) in [5.74, 6) is -0.977. The van der Waals surface area contributed by atoms with Crippen LogP contribution >= 0.6 is 0 Å². The first-order chi connectivity index (χ1) is 8.97. The van der Waals surface area contributed by atoms with E-state index in [1.165, 1.54) is 0 Å². The third-order valence-corrected chi connectivity index (χ3v) is 2.94. The van der Waals surface area contributed by atoms with E-state index >= 15 is 0 Å². The van der Waals surface area contributed by atoms with E-state index in [1.807, 2.05) is 10.2 Å². The Morgan fingerprint density at radius 1 is 1.37 bits per heavy atom. The number of hydrogen-bond acceptors (Lipinski definition) is 5.